The summed E-state index contributed by atoms with van der Waals surface area (Å²) >= 11 is 0. The van der Waals surface area contributed by atoms with E-state index in [1.165, 1.54) is 18.4 Å². The minimum atomic E-state index is -0.0184. The molecule has 194 valence electrons. The molecule has 8 nitrogen and oxygen atoms in total. The molecule has 37 heavy (non-hydrogen) atoms. The maximum atomic E-state index is 13.2. The Morgan fingerprint density at radius 3 is 2.59 bits per heavy atom. The van der Waals surface area contributed by atoms with Crippen LogP contribution in [0.25, 0.3) is 10.9 Å². The van der Waals surface area contributed by atoms with Crippen molar-refractivity contribution in [2.75, 3.05) is 7.11 Å². The number of hydrogen-bond acceptors (Lipinski definition) is 6. The molecule has 1 aliphatic carbocycles. The highest BCUT2D eigenvalue weighted by atomic mass is 16.5. The van der Waals surface area contributed by atoms with Crippen molar-refractivity contribution in [1.82, 2.24) is 30.1 Å². The van der Waals surface area contributed by atoms with Gasteiger partial charge in [-0.15, -0.1) is 5.10 Å². The number of hydrogen-bond donors (Lipinski definition) is 1. The molecule has 0 unspecified atom stereocenters. The van der Waals surface area contributed by atoms with Gasteiger partial charge in [0.15, 0.2) is 5.82 Å². The van der Waals surface area contributed by atoms with Crippen molar-refractivity contribution in [3.05, 3.63) is 80.9 Å². The Balaban J connectivity index is 1.49. The molecule has 5 rings (SSSR count). The lowest BCUT2D eigenvalue weighted by Crippen LogP contribution is -2.39. The number of ether oxygens (including phenoxy) is 1. The number of aromatic nitrogens is 5. The second-order valence-electron chi connectivity index (χ2n) is 10.2. The highest BCUT2D eigenvalue weighted by Crippen LogP contribution is 2.34. The SMILES string of the molecule is CC[C@H](c1nnnn1Cc1ccc(OC)cc1)N(Cc1cc2cc(C)cc(C)c2[nH]c1=O)C1CCCC1. The van der Waals surface area contributed by atoms with Gasteiger partial charge in [-0.2, -0.15) is 0 Å². The summed E-state index contributed by atoms with van der Waals surface area (Å²) in [7, 11) is 1.67. The van der Waals surface area contributed by atoms with Crippen LogP contribution in [0.1, 0.15) is 73.1 Å². The average molecular weight is 501 g/mol. The van der Waals surface area contributed by atoms with Gasteiger partial charge in [0.25, 0.3) is 5.56 Å². The fourth-order valence-electron chi connectivity index (χ4n) is 5.81. The monoisotopic (exact) mass is 500 g/mol. The minimum Gasteiger partial charge on any atom is -0.497 e. The third kappa shape index (κ3) is 5.30. The summed E-state index contributed by atoms with van der Waals surface area (Å²) in [4.78, 5) is 18.9. The molecule has 2 aromatic heterocycles. The van der Waals surface area contributed by atoms with Crippen molar-refractivity contribution in [3.8, 4) is 5.75 Å². The van der Waals surface area contributed by atoms with E-state index in [0.29, 0.717) is 19.1 Å². The molecule has 1 fully saturated rings. The van der Waals surface area contributed by atoms with Crippen LogP contribution >= 0.6 is 0 Å². The molecule has 0 bridgehead atoms. The molecule has 0 aliphatic heterocycles. The van der Waals surface area contributed by atoms with Crippen LogP contribution in [0.15, 0.2) is 47.3 Å². The lowest BCUT2D eigenvalue weighted by molar-refractivity contribution is 0.112. The zero-order valence-electron chi connectivity index (χ0n) is 22.2. The number of rotatable bonds is 9. The van der Waals surface area contributed by atoms with Gasteiger partial charge in [-0.05, 0) is 84.3 Å². The summed E-state index contributed by atoms with van der Waals surface area (Å²) in [6.07, 6.45) is 5.52. The number of aromatic amines is 1. The van der Waals surface area contributed by atoms with Crippen LogP contribution in [0, 0.1) is 13.8 Å². The van der Waals surface area contributed by atoms with Gasteiger partial charge in [0, 0.05) is 18.2 Å². The molecule has 1 aliphatic rings. The van der Waals surface area contributed by atoms with Crippen molar-refractivity contribution < 1.29 is 4.74 Å². The third-order valence-electron chi connectivity index (χ3n) is 7.65. The van der Waals surface area contributed by atoms with Gasteiger partial charge in [-0.1, -0.05) is 43.5 Å². The lowest BCUT2D eigenvalue weighted by atomic mass is 10.0. The van der Waals surface area contributed by atoms with E-state index in [-0.39, 0.29) is 11.6 Å². The van der Waals surface area contributed by atoms with Gasteiger partial charge in [-0.3, -0.25) is 9.69 Å². The number of nitrogens with zero attached hydrogens (tertiary/aromatic N) is 5. The summed E-state index contributed by atoms with van der Waals surface area (Å²) in [6.45, 7) is 7.47. The van der Waals surface area contributed by atoms with E-state index in [4.69, 9.17) is 4.74 Å². The summed E-state index contributed by atoms with van der Waals surface area (Å²) in [5.41, 5.74) is 5.08. The molecular weight excluding hydrogens is 464 g/mol. The number of nitrogens with one attached hydrogen (secondary N) is 1. The normalized spacial score (nSPS) is 15.1. The Bertz CT molecular complexity index is 1420. The van der Waals surface area contributed by atoms with Gasteiger partial charge < -0.3 is 9.72 Å². The van der Waals surface area contributed by atoms with Crippen LogP contribution in [-0.4, -0.2) is 43.2 Å². The molecule has 0 amide bonds. The topological polar surface area (TPSA) is 88.9 Å². The molecule has 0 spiro atoms. The van der Waals surface area contributed by atoms with Crippen molar-refractivity contribution in [2.45, 2.75) is 78.0 Å². The second-order valence-corrected chi connectivity index (χ2v) is 10.2. The smallest absolute Gasteiger partial charge is 0.252 e. The predicted molar refractivity (Wildman–Crippen MR) is 145 cm³/mol. The molecule has 4 aromatic rings. The third-order valence-corrected chi connectivity index (χ3v) is 7.65. The largest absolute Gasteiger partial charge is 0.497 e. The van der Waals surface area contributed by atoms with E-state index < -0.39 is 0 Å². The highest BCUT2D eigenvalue weighted by Gasteiger charge is 2.32. The first-order chi connectivity index (χ1) is 18.0. The Morgan fingerprint density at radius 2 is 1.89 bits per heavy atom. The standard InChI is InChI=1S/C29H36N6O2/c1-5-26(28-31-32-33-35(28)17-21-10-12-25(37-4)13-11-21)34(24-8-6-7-9-24)18-23-16-22-15-19(2)14-20(3)27(22)30-29(23)36/h10-16,24,26H,5-9,17-18H2,1-4H3,(H,30,36)/t26-/m1/s1. The molecule has 2 aromatic carbocycles. The van der Waals surface area contributed by atoms with Gasteiger partial charge in [-0.25, -0.2) is 4.68 Å². The fraction of sp³-hybridized carbons (Fsp3) is 0.448. The fourth-order valence-corrected chi connectivity index (χ4v) is 5.81. The summed E-state index contributed by atoms with van der Waals surface area (Å²) < 4.78 is 7.19. The lowest BCUT2D eigenvalue weighted by Gasteiger charge is -2.35. The van der Waals surface area contributed by atoms with Crippen LogP contribution in [0.3, 0.4) is 0 Å². The molecule has 0 radical (unpaired) electrons. The summed E-state index contributed by atoms with van der Waals surface area (Å²) in [5.74, 6) is 1.67. The molecular formula is C29H36N6O2. The van der Waals surface area contributed by atoms with Gasteiger partial charge in [0.2, 0.25) is 0 Å². The van der Waals surface area contributed by atoms with Gasteiger partial charge >= 0.3 is 0 Å². The predicted octanol–water partition coefficient (Wildman–Crippen LogP) is 5.08. The van der Waals surface area contributed by atoms with E-state index in [9.17, 15) is 4.79 Å². The quantitative estimate of drug-likeness (QED) is 0.345. The van der Waals surface area contributed by atoms with Crippen molar-refractivity contribution in [3.63, 3.8) is 0 Å². The average Bonchev–Trinajstić information content (AvgIpc) is 3.58. The zero-order valence-corrected chi connectivity index (χ0v) is 22.2. The van der Waals surface area contributed by atoms with Crippen LogP contribution in [-0.2, 0) is 13.1 Å². The van der Waals surface area contributed by atoms with Crippen LogP contribution in [0.2, 0.25) is 0 Å². The van der Waals surface area contributed by atoms with E-state index in [1.54, 1.807) is 7.11 Å². The van der Waals surface area contributed by atoms with E-state index >= 15 is 0 Å². The van der Waals surface area contributed by atoms with Gasteiger partial charge in [0.1, 0.15) is 5.75 Å². The van der Waals surface area contributed by atoms with E-state index in [2.05, 4.69) is 57.5 Å². The van der Waals surface area contributed by atoms with Crippen molar-refractivity contribution in [1.29, 1.82) is 0 Å². The van der Waals surface area contributed by atoms with E-state index in [0.717, 1.165) is 58.4 Å². The zero-order chi connectivity index (χ0) is 25.9. The molecule has 1 N–H and O–H groups in total. The first-order valence-electron chi connectivity index (χ1n) is 13.2. The molecule has 8 heteroatoms. The molecule has 1 saturated carbocycles. The maximum absolute atomic E-state index is 13.2. The Kier molecular flexibility index (Phi) is 7.37. The number of methoxy groups -OCH3 is 1. The molecule has 2 heterocycles. The maximum Gasteiger partial charge on any atom is 0.252 e. The number of fused-ring (bicyclic) bond motifs is 1. The van der Waals surface area contributed by atoms with Crippen molar-refractivity contribution in [2.24, 2.45) is 0 Å². The Hall–Kier alpha value is -3.52. The number of benzene rings is 2. The van der Waals surface area contributed by atoms with Crippen LogP contribution < -0.4 is 10.3 Å². The first-order valence-corrected chi connectivity index (χ1v) is 13.2. The number of tetrazole rings is 1. The molecule has 1 atom stereocenters. The summed E-state index contributed by atoms with van der Waals surface area (Å²) in [5, 5.41) is 14.0. The second kappa shape index (κ2) is 10.8. The van der Waals surface area contributed by atoms with E-state index in [1.807, 2.05) is 35.9 Å². The highest BCUT2D eigenvalue weighted by molar-refractivity contribution is 5.82. The minimum absolute atomic E-state index is 0.00527. The van der Waals surface area contributed by atoms with Crippen LogP contribution in [0.4, 0.5) is 0 Å². The van der Waals surface area contributed by atoms with Crippen molar-refractivity contribution >= 4 is 10.9 Å². The Labute approximate surface area is 217 Å². The summed E-state index contributed by atoms with van der Waals surface area (Å²) in [6, 6.07) is 14.7. The number of aryl methyl sites for hydroxylation is 2. The first kappa shape index (κ1) is 25.1. The van der Waals surface area contributed by atoms with Crippen LogP contribution in [0.5, 0.6) is 5.75 Å². The molecule has 0 saturated heterocycles. The van der Waals surface area contributed by atoms with Gasteiger partial charge in [0.05, 0.1) is 25.2 Å². The number of H-pyrrole nitrogens is 1. The Morgan fingerprint density at radius 1 is 1.14 bits per heavy atom. The number of pyridine rings is 1.